The van der Waals surface area contributed by atoms with E-state index in [9.17, 15) is 14.4 Å². The van der Waals surface area contributed by atoms with Gasteiger partial charge < -0.3 is 25.0 Å². The van der Waals surface area contributed by atoms with E-state index < -0.39 is 0 Å². The van der Waals surface area contributed by atoms with Crippen molar-refractivity contribution in [2.75, 3.05) is 43.6 Å². The molecule has 0 unspecified atom stereocenters. The molecule has 1 aliphatic rings. The maximum absolute atomic E-state index is 12.5. The summed E-state index contributed by atoms with van der Waals surface area (Å²) in [6.07, 6.45) is 0.919. The number of aryl methyl sites for hydroxylation is 3. The lowest BCUT2D eigenvalue weighted by Gasteiger charge is -2.17. The predicted octanol–water partition coefficient (Wildman–Crippen LogP) is 3.13. The zero-order chi connectivity index (χ0) is 24.7. The van der Waals surface area contributed by atoms with Crippen molar-refractivity contribution in [1.29, 1.82) is 0 Å². The van der Waals surface area contributed by atoms with Crippen molar-refractivity contribution in [3.8, 4) is 5.75 Å². The van der Waals surface area contributed by atoms with Crippen LogP contribution in [-0.4, -0.2) is 51.1 Å². The number of carbonyl (C=O) groups is 3. The fourth-order valence-corrected chi connectivity index (χ4v) is 4.13. The van der Waals surface area contributed by atoms with Crippen LogP contribution in [0.25, 0.3) is 0 Å². The average molecular weight is 468 g/mol. The molecule has 0 bridgehead atoms. The standard InChI is InChI=1S/C26H33N3O5/c1-17-12-18(2)25(19(3)13-17)28-23(30)16-34-22-8-6-21(7-9-22)29-15-20(14-24(29)31)26(32)27-10-5-11-33-4/h6-9,12-13,20H,5,10-11,14-16H2,1-4H3,(H,27,32)(H,28,30)/t20-/m1/s1. The Morgan fingerprint density at radius 2 is 1.76 bits per heavy atom. The predicted molar refractivity (Wildman–Crippen MR) is 131 cm³/mol. The van der Waals surface area contributed by atoms with Gasteiger partial charge in [0.1, 0.15) is 5.75 Å². The molecule has 1 aliphatic heterocycles. The second-order valence-corrected chi connectivity index (χ2v) is 8.65. The number of methoxy groups -OCH3 is 1. The quantitative estimate of drug-likeness (QED) is 0.524. The number of benzene rings is 2. The van der Waals surface area contributed by atoms with E-state index in [0.29, 0.717) is 31.1 Å². The molecular weight excluding hydrogens is 434 g/mol. The van der Waals surface area contributed by atoms with Crippen molar-refractivity contribution in [1.82, 2.24) is 5.32 Å². The number of hydrogen-bond donors (Lipinski definition) is 2. The lowest BCUT2D eigenvalue weighted by atomic mass is 10.1. The largest absolute Gasteiger partial charge is 0.484 e. The van der Waals surface area contributed by atoms with Crippen LogP contribution in [0.5, 0.6) is 5.75 Å². The molecule has 2 aromatic carbocycles. The first kappa shape index (κ1) is 25.2. The molecule has 8 heteroatoms. The van der Waals surface area contributed by atoms with Crippen molar-refractivity contribution < 1.29 is 23.9 Å². The molecule has 0 saturated carbocycles. The summed E-state index contributed by atoms with van der Waals surface area (Å²) in [5, 5.41) is 5.77. The van der Waals surface area contributed by atoms with Crippen molar-refractivity contribution >= 4 is 29.1 Å². The van der Waals surface area contributed by atoms with Gasteiger partial charge in [0.15, 0.2) is 6.61 Å². The number of amides is 3. The van der Waals surface area contributed by atoms with Gasteiger partial charge in [0.2, 0.25) is 11.8 Å². The van der Waals surface area contributed by atoms with E-state index in [1.807, 2.05) is 32.9 Å². The van der Waals surface area contributed by atoms with Crippen LogP contribution in [0.1, 0.15) is 29.5 Å². The number of ether oxygens (including phenoxy) is 2. The van der Waals surface area contributed by atoms with Crippen LogP contribution in [0.15, 0.2) is 36.4 Å². The molecule has 0 aromatic heterocycles. The molecule has 0 spiro atoms. The second-order valence-electron chi connectivity index (χ2n) is 8.65. The molecule has 2 aromatic rings. The van der Waals surface area contributed by atoms with E-state index in [4.69, 9.17) is 9.47 Å². The molecule has 1 heterocycles. The third kappa shape index (κ3) is 6.57. The van der Waals surface area contributed by atoms with Crippen molar-refractivity contribution in [2.45, 2.75) is 33.6 Å². The molecule has 0 aliphatic carbocycles. The van der Waals surface area contributed by atoms with Crippen LogP contribution in [-0.2, 0) is 19.1 Å². The highest BCUT2D eigenvalue weighted by atomic mass is 16.5. The summed E-state index contributed by atoms with van der Waals surface area (Å²) in [4.78, 5) is 38.8. The zero-order valence-electron chi connectivity index (χ0n) is 20.3. The molecular formula is C26H33N3O5. The van der Waals surface area contributed by atoms with E-state index in [1.165, 1.54) is 0 Å². The summed E-state index contributed by atoms with van der Waals surface area (Å²) in [5.74, 6) is -0.294. The highest BCUT2D eigenvalue weighted by molar-refractivity contribution is 6.00. The monoisotopic (exact) mass is 467 g/mol. The van der Waals surface area contributed by atoms with Gasteiger partial charge in [-0.2, -0.15) is 0 Å². The van der Waals surface area contributed by atoms with Crippen LogP contribution in [0.2, 0.25) is 0 Å². The number of rotatable bonds is 10. The molecule has 1 atom stereocenters. The number of hydrogen-bond acceptors (Lipinski definition) is 5. The fraction of sp³-hybridized carbons (Fsp3) is 0.423. The summed E-state index contributed by atoms with van der Waals surface area (Å²) in [6.45, 7) is 7.27. The summed E-state index contributed by atoms with van der Waals surface area (Å²) >= 11 is 0. The Morgan fingerprint density at radius 3 is 2.41 bits per heavy atom. The van der Waals surface area contributed by atoms with Crippen LogP contribution in [0, 0.1) is 26.7 Å². The van der Waals surface area contributed by atoms with Crippen LogP contribution >= 0.6 is 0 Å². The number of nitrogens with zero attached hydrogens (tertiary/aromatic N) is 1. The van der Waals surface area contributed by atoms with Crippen molar-refractivity contribution in [2.24, 2.45) is 5.92 Å². The third-order valence-electron chi connectivity index (χ3n) is 5.78. The molecule has 182 valence electrons. The third-order valence-corrected chi connectivity index (χ3v) is 5.78. The van der Waals surface area contributed by atoms with Gasteiger partial charge in [0.25, 0.3) is 5.91 Å². The molecule has 0 radical (unpaired) electrons. The van der Waals surface area contributed by atoms with Crippen LogP contribution in [0.3, 0.4) is 0 Å². The number of nitrogens with one attached hydrogen (secondary N) is 2. The first-order chi connectivity index (χ1) is 16.3. The summed E-state index contributed by atoms with van der Waals surface area (Å²) in [7, 11) is 1.62. The van der Waals surface area contributed by atoms with Gasteiger partial charge in [0, 0.05) is 44.6 Å². The fourth-order valence-electron chi connectivity index (χ4n) is 4.13. The minimum absolute atomic E-state index is 0.0890. The Bertz CT molecular complexity index is 1010. The summed E-state index contributed by atoms with van der Waals surface area (Å²) in [6, 6.07) is 11.0. The highest BCUT2D eigenvalue weighted by Crippen LogP contribution is 2.27. The highest BCUT2D eigenvalue weighted by Gasteiger charge is 2.34. The summed E-state index contributed by atoms with van der Waals surface area (Å²) < 4.78 is 10.6. The van der Waals surface area contributed by atoms with E-state index in [0.717, 1.165) is 28.8 Å². The normalized spacial score (nSPS) is 15.4. The Morgan fingerprint density at radius 1 is 1.09 bits per heavy atom. The van der Waals surface area contributed by atoms with E-state index in [-0.39, 0.29) is 36.7 Å². The Labute approximate surface area is 200 Å². The molecule has 34 heavy (non-hydrogen) atoms. The molecule has 1 fully saturated rings. The number of carbonyl (C=O) groups excluding carboxylic acids is 3. The minimum atomic E-state index is -0.372. The van der Waals surface area contributed by atoms with Crippen LogP contribution in [0.4, 0.5) is 11.4 Å². The van der Waals surface area contributed by atoms with Gasteiger partial charge in [-0.1, -0.05) is 17.7 Å². The molecule has 1 saturated heterocycles. The van der Waals surface area contributed by atoms with Gasteiger partial charge in [-0.25, -0.2) is 0 Å². The van der Waals surface area contributed by atoms with Gasteiger partial charge in [-0.05, 0) is 62.6 Å². The van der Waals surface area contributed by atoms with Crippen molar-refractivity contribution in [3.05, 3.63) is 53.1 Å². The Balaban J connectivity index is 1.50. The van der Waals surface area contributed by atoms with E-state index >= 15 is 0 Å². The van der Waals surface area contributed by atoms with Crippen molar-refractivity contribution in [3.63, 3.8) is 0 Å². The first-order valence-corrected chi connectivity index (χ1v) is 11.5. The van der Waals surface area contributed by atoms with Crippen LogP contribution < -0.4 is 20.3 Å². The molecule has 3 rings (SSSR count). The maximum Gasteiger partial charge on any atom is 0.262 e. The van der Waals surface area contributed by atoms with Gasteiger partial charge in [0.05, 0.1) is 5.92 Å². The topological polar surface area (TPSA) is 97.0 Å². The van der Waals surface area contributed by atoms with Gasteiger partial charge in [-0.15, -0.1) is 0 Å². The Hall–Kier alpha value is -3.39. The average Bonchev–Trinajstić information content (AvgIpc) is 3.19. The molecule has 3 amide bonds. The number of anilines is 2. The summed E-state index contributed by atoms with van der Waals surface area (Å²) in [5.41, 5.74) is 4.66. The first-order valence-electron chi connectivity index (χ1n) is 11.5. The molecule has 8 nitrogen and oxygen atoms in total. The SMILES string of the molecule is COCCCNC(=O)[C@@H]1CC(=O)N(c2ccc(OCC(=O)Nc3c(C)cc(C)cc3C)cc2)C1. The van der Waals surface area contributed by atoms with E-state index in [2.05, 4.69) is 10.6 Å². The smallest absolute Gasteiger partial charge is 0.262 e. The lowest BCUT2D eigenvalue weighted by Crippen LogP contribution is -2.33. The maximum atomic E-state index is 12.5. The zero-order valence-corrected chi connectivity index (χ0v) is 20.3. The second kappa shape index (κ2) is 11.7. The van der Waals surface area contributed by atoms with E-state index in [1.54, 1.807) is 36.3 Å². The molecule has 2 N–H and O–H groups in total. The van der Waals surface area contributed by atoms with Gasteiger partial charge >= 0.3 is 0 Å². The Kier molecular flexibility index (Phi) is 8.65. The minimum Gasteiger partial charge on any atom is -0.484 e. The van der Waals surface area contributed by atoms with Gasteiger partial charge in [-0.3, -0.25) is 14.4 Å². The lowest BCUT2D eigenvalue weighted by molar-refractivity contribution is -0.126.